The smallest absolute Gasteiger partial charge is 0.191 e. The molecule has 2 N–H and O–H groups in total. The molecule has 1 aliphatic heterocycles. The van der Waals surface area contributed by atoms with Crippen molar-refractivity contribution in [1.29, 1.82) is 0 Å². The molecule has 1 saturated heterocycles. The van der Waals surface area contributed by atoms with E-state index in [1.807, 2.05) is 0 Å². The molecule has 3 rings (SSSR count). The van der Waals surface area contributed by atoms with Gasteiger partial charge in [0, 0.05) is 45.9 Å². The monoisotopic (exact) mass is 558 g/mol. The van der Waals surface area contributed by atoms with Crippen molar-refractivity contribution in [3.8, 4) is 0 Å². The van der Waals surface area contributed by atoms with Gasteiger partial charge in [-0.25, -0.2) is 4.99 Å². The maximum Gasteiger partial charge on any atom is 0.191 e. The van der Waals surface area contributed by atoms with Crippen molar-refractivity contribution in [1.82, 2.24) is 15.5 Å². The summed E-state index contributed by atoms with van der Waals surface area (Å²) in [6.07, 6.45) is 6.37. The van der Waals surface area contributed by atoms with Crippen molar-refractivity contribution in [2.24, 2.45) is 10.4 Å². The lowest BCUT2D eigenvalue weighted by molar-refractivity contribution is 0.0341. The van der Waals surface area contributed by atoms with Crippen LogP contribution in [-0.2, 0) is 22.6 Å². The van der Waals surface area contributed by atoms with Gasteiger partial charge in [0.15, 0.2) is 5.96 Å². The minimum absolute atomic E-state index is 0. The third-order valence-corrected chi connectivity index (χ3v) is 6.64. The maximum absolute atomic E-state index is 5.67. The van der Waals surface area contributed by atoms with Gasteiger partial charge in [0.05, 0.1) is 19.8 Å². The Morgan fingerprint density at radius 1 is 1.09 bits per heavy atom. The number of ether oxygens (including phenoxy) is 2. The highest BCUT2D eigenvalue weighted by molar-refractivity contribution is 14.0. The summed E-state index contributed by atoms with van der Waals surface area (Å²) in [4.78, 5) is 7.42. The Balaban J connectivity index is 0.00000363. The Labute approximate surface area is 211 Å². The second-order valence-electron chi connectivity index (χ2n) is 8.86. The summed E-state index contributed by atoms with van der Waals surface area (Å²) < 4.78 is 11.2. The molecule has 1 saturated carbocycles. The van der Waals surface area contributed by atoms with E-state index in [4.69, 9.17) is 14.5 Å². The summed E-state index contributed by atoms with van der Waals surface area (Å²) in [5.74, 6) is 0.923. The molecule has 2 fully saturated rings. The second-order valence-corrected chi connectivity index (χ2v) is 8.86. The van der Waals surface area contributed by atoms with Gasteiger partial charge in [-0.1, -0.05) is 37.1 Å². The summed E-state index contributed by atoms with van der Waals surface area (Å²) in [7, 11) is 0. The number of guanidine groups is 1. The van der Waals surface area contributed by atoms with E-state index in [2.05, 4.69) is 53.6 Å². The van der Waals surface area contributed by atoms with Crippen LogP contribution in [0.2, 0.25) is 0 Å². The normalized spacial score (nSPS) is 18.9. The van der Waals surface area contributed by atoms with Crippen LogP contribution in [0.1, 0.15) is 57.1 Å². The number of nitrogens with one attached hydrogen (secondary N) is 2. The fourth-order valence-electron chi connectivity index (χ4n) is 4.72. The van der Waals surface area contributed by atoms with E-state index in [0.717, 1.165) is 71.5 Å². The van der Waals surface area contributed by atoms with E-state index < -0.39 is 0 Å². The number of hydrogen-bond donors (Lipinski definition) is 2. The van der Waals surface area contributed by atoms with Gasteiger partial charge < -0.3 is 20.1 Å². The Kier molecular flexibility index (Phi) is 12.9. The second kappa shape index (κ2) is 15.1. The van der Waals surface area contributed by atoms with Crippen LogP contribution in [0, 0.1) is 5.41 Å². The van der Waals surface area contributed by atoms with Crippen molar-refractivity contribution < 1.29 is 9.47 Å². The largest absolute Gasteiger partial charge is 0.382 e. The molecular weight excluding hydrogens is 515 g/mol. The Morgan fingerprint density at radius 3 is 2.50 bits per heavy atom. The van der Waals surface area contributed by atoms with Crippen LogP contribution in [0.15, 0.2) is 29.3 Å². The molecule has 0 unspecified atom stereocenters. The Hall–Kier alpha value is -0.900. The van der Waals surface area contributed by atoms with E-state index in [1.165, 1.54) is 36.8 Å². The lowest BCUT2D eigenvalue weighted by Crippen LogP contribution is -2.43. The zero-order chi connectivity index (χ0) is 21.8. The number of benzene rings is 1. The van der Waals surface area contributed by atoms with Gasteiger partial charge in [0.2, 0.25) is 0 Å². The average molecular weight is 559 g/mol. The number of halogens is 1. The van der Waals surface area contributed by atoms with Crippen molar-refractivity contribution in [3.63, 3.8) is 0 Å². The van der Waals surface area contributed by atoms with E-state index in [9.17, 15) is 0 Å². The van der Waals surface area contributed by atoms with Crippen LogP contribution >= 0.6 is 24.0 Å². The summed E-state index contributed by atoms with van der Waals surface area (Å²) >= 11 is 0. The summed E-state index contributed by atoms with van der Waals surface area (Å²) in [6.45, 7) is 13.1. The maximum atomic E-state index is 5.67. The van der Waals surface area contributed by atoms with Crippen molar-refractivity contribution >= 4 is 29.9 Å². The molecule has 6 nitrogen and oxygen atoms in total. The van der Waals surface area contributed by atoms with Gasteiger partial charge in [0.1, 0.15) is 0 Å². The quantitative estimate of drug-likeness (QED) is 0.185. The SMILES string of the molecule is CCNC(=NCc1ccccc1CN1CCOCC1)NCC1(CCOCC)CCCC1.I. The van der Waals surface area contributed by atoms with Gasteiger partial charge in [-0.05, 0) is 49.7 Å². The Bertz CT molecular complexity index is 674. The zero-order valence-corrected chi connectivity index (χ0v) is 22.4. The molecule has 0 spiro atoms. The molecule has 0 radical (unpaired) electrons. The fourth-order valence-corrected chi connectivity index (χ4v) is 4.72. The number of aliphatic imine (C=N–C) groups is 1. The lowest BCUT2D eigenvalue weighted by atomic mass is 9.83. The molecule has 2 aliphatic rings. The van der Waals surface area contributed by atoms with Gasteiger partial charge in [-0.2, -0.15) is 0 Å². The topological polar surface area (TPSA) is 58.1 Å². The van der Waals surface area contributed by atoms with Gasteiger partial charge in [-0.15, -0.1) is 24.0 Å². The molecule has 1 aromatic rings. The third kappa shape index (κ3) is 8.80. The molecule has 1 heterocycles. The van der Waals surface area contributed by atoms with Gasteiger partial charge in [-0.3, -0.25) is 4.90 Å². The van der Waals surface area contributed by atoms with Crippen LogP contribution < -0.4 is 10.6 Å². The number of rotatable bonds is 11. The van der Waals surface area contributed by atoms with E-state index >= 15 is 0 Å². The predicted octanol–water partition coefficient (Wildman–Crippen LogP) is 4.18. The first kappa shape index (κ1) is 27.3. The fraction of sp³-hybridized carbons (Fsp3) is 0.720. The molecule has 1 aliphatic carbocycles. The highest BCUT2D eigenvalue weighted by atomic mass is 127. The number of nitrogens with zero attached hydrogens (tertiary/aromatic N) is 2. The van der Waals surface area contributed by atoms with Crippen LogP contribution in [0.25, 0.3) is 0 Å². The minimum Gasteiger partial charge on any atom is -0.382 e. The van der Waals surface area contributed by atoms with E-state index in [-0.39, 0.29) is 24.0 Å². The highest BCUT2D eigenvalue weighted by Gasteiger charge is 2.33. The van der Waals surface area contributed by atoms with Gasteiger partial charge in [0.25, 0.3) is 0 Å². The summed E-state index contributed by atoms with van der Waals surface area (Å²) in [5, 5.41) is 7.10. The molecule has 0 atom stereocenters. The van der Waals surface area contributed by atoms with Crippen molar-refractivity contribution in [2.75, 3.05) is 52.6 Å². The number of hydrogen-bond acceptors (Lipinski definition) is 4. The standard InChI is InChI=1S/C25H42N4O2.HI/c1-3-26-24(28-21-25(11-7-8-12-25)13-16-30-4-2)27-19-22-9-5-6-10-23(22)20-29-14-17-31-18-15-29;/h5-6,9-10H,3-4,7-8,11-21H2,1-2H3,(H2,26,27,28);1H. The molecule has 0 amide bonds. The van der Waals surface area contributed by atoms with E-state index in [0.29, 0.717) is 12.0 Å². The summed E-state index contributed by atoms with van der Waals surface area (Å²) in [5.41, 5.74) is 3.02. The van der Waals surface area contributed by atoms with Gasteiger partial charge >= 0.3 is 0 Å². The predicted molar refractivity (Wildman–Crippen MR) is 143 cm³/mol. The van der Waals surface area contributed by atoms with Crippen LogP contribution in [0.3, 0.4) is 0 Å². The Morgan fingerprint density at radius 2 is 1.81 bits per heavy atom. The average Bonchev–Trinajstić information content (AvgIpc) is 3.26. The van der Waals surface area contributed by atoms with Crippen LogP contribution in [-0.4, -0.2) is 63.5 Å². The first-order valence-corrected chi connectivity index (χ1v) is 12.2. The highest BCUT2D eigenvalue weighted by Crippen LogP contribution is 2.40. The first-order chi connectivity index (χ1) is 15.2. The zero-order valence-electron chi connectivity index (χ0n) is 20.0. The molecule has 32 heavy (non-hydrogen) atoms. The third-order valence-electron chi connectivity index (χ3n) is 6.64. The molecule has 0 bridgehead atoms. The molecular formula is C25H43IN4O2. The molecule has 1 aromatic carbocycles. The van der Waals surface area contributed by atoms with Crippen LogP contribution in [0.4, 0.5) is 0 Å². The first-order valence-electron chi connectivity index (χ1n) is 12.2. The van der Waals surface area contributed by atoms with E-state index in [1.54, 1.807) is 0 Å². The minimum atomic E-state index is 0. The molecule has 7 heteroatoms. The molecule has 0 aromatic heterocycles. The molecule has 182 valence electrons. The van der Waals surface area contributed by atoms with Crippen molar-refractivity contribution in [2.45, 2.75) is 59.0 Å². The van der Waals surface area contributed by atoms with Crippen LogP contribution in [0.5, 0.6) is 0 Å². The lowest BCUT2D eigenvalue weighted by Gasteiger charge is -2.30. The summed E-state index contributed by atoms with van der Waals surface area (Å²) in [6, 6.07) is 8.70. The number of morpholine rings is 1. The van der Waals surface area contributed by atoms with Crippen molar-refractivity contribution in [3.05, 3.63) is 35.4 Å².